The molecule has 0 spiro atoms. The minimum absolute atomic E-state index is 0.742. The zero-order valence-corrected chi connectivity index (χ0v) is 11.4. The molecule has 2 aromatic rings. The first-order valence-corrected chi connectivity index (χ1v) is 6.53. The molecule has 0 radical (unpaired) electrons. The first-order valence-electron chi connectivity index (χ1n) is 6.53. The molecule has 0 aliphatic heterocycles. The van der Waals surface area contributed by atoms with E-state index >= 15 is 0 Å². The molecule has 0 fully saturated rings. The first-order chi connectivity index (χ1) is 9.29. The molecule has 0 saturated heterocycles. The molecule has 2 heterocycles. The Morgan fingerprint density at radius 1 is 1.32 bits per heavy atom. The summed E-state index contributed by atoms with van der Waals surface area (Å²) in [5, 5.41) is 3.35. The van der Waals surface area contributed by atoms with Crippen molar-refractivity contribution in [3.63, 3.8) is 0 Å². The van der Waals surface area contributed by atoms with Crippen molar-refractivity contribution in [3.8, 4) is 11.5 Å². The Balaban J connectivity index is 2.05. The van der Waals surface area contributed by atoms with Gasteiger partial charge in [-0.05, 0) is 43.7 Å². The number of hydrogen-bond acceptors (Lipinski definition) is 4. The molecule has 0 saturated carbocycles. The lowest BCUT2D eigenvalue weighted by molar-refractivity contribution is 0.472. The largest absolute Gasteiger partial charge is 0.454 e. The zero-order chi connectivity index (χ0) is 13.5. The minimum atomic E-state index is 0.742. The number of nitrogens with one attached hydrogen (secondary N) is 1. The molecule has 19 heavy (non-hydrogen) atoms. The van der Waals surface area contributed by atoms with Crippen molar-refractivity contribution >= 4 is 0 Å². The van der Waals surface area contributed by atoms with Crippen molar-refractivity contribution in [2.45, 2.75) is 26.8 Å². The zero-order valence-electron chi connectivity index (χ0n) is 11.4. The Labute approximate surface area is 113 Å². The highest BCUT2D eigenvalue weighted by Gasteiger charge is 2.03. The Morgan fingerprint density at radius 3 is 3.00 bits per heavy atom. The van der Waals surface area contributed by atoms with Gasteiger partial charge in [-0.1, -0.05) is 6.92 Å². The minimum Gasteiger partial charge on any atom is -0.454 e. The van der Waals surface area contributed by atoms with E-state index in [2.05, 4.69) is 22.2 Å². The van der Waals surface area contributed by atoms with Crippen molar-refractivity contribution in [2.24, 2.45) is 0 Å². The van der Waals surface area contributed by atoms with Crippen LogP contribution in [0.25, 0.3) is 0 Å². The van der Waals surface area contributed by atoms with Crippen molar-refractivity contribution < 1.29 is 4.74 Å². The van der Waals surface area contributed by atoms with Crippen LogP contribution in [0.4, 0.5) is 0 Å². The van der Waals surface area contributed by atoms with Gasteiger partial charge in [-0.25, -0.2) is 0 Å². The molecule has 4 nitrogen and oxygen atoms in total. The Hall–Kier alpha value is -1.94. The number of rotatable bonds is 6. The van der Waals surface area contributed by atoms with Crippen molar-refractivity contribution in [3.05, 3.63) is 48.0 Å². The molecule has 0 atom stereocenters. The van der Waals surface area contributed by atoms with Gasteiger partial charge in [-0.15, -0.1) is 0 Å². The molecule has 0 aliphatic carbocycles. The number of ether oxygens (including phenoxy) is 1. The van der Waals surface area contributed by atoms with E-state index in [-0.39, 0.29) is 0 Å². The topological polar surface area (TPSA) is 47.0 Å². The van der Waals surface area contributed by atoms with Crippen LogP contribution in [0, 0.1) is 6.92 Å². The second-order valence-electron chi connectivity index (χ2n) is 4.39. The lowest BCUT2D eigenvalue weighted by Gasteiger charge is -2.09. The smallest absolute Gasteiger partial charge is 0.148 e. The van der Waals surface area contributed by atoms with Crippen molar-refractivity contribution in [1.82, 2.24) is 15.3 Å². The van der Waals surface area contributed by atoms with Crippen LogP contribution in [0.3, 0.4) is 0 Å². The van der Waals surface area contributed by atoms with E-state index in [0.29, 0.717) is 0 Å². The van der Waals surface area contributed by atoms with Crippen LogP contribution in [-0.2, 0) is 6.54 Å². The third-order valence-electron chi connectivity index (χ3n) is 2.71. The fourth-order valence-corrected chi connectivity index (χ4v) is 1.73. The summed E-state index contributed by atoms with van der Waals surface area (Å²) in [7, 11) is 0. The maximum atomic E-state index is 5.80. The van der Waals surface area contributed by atoms with Gasteiger partial charge in [-0.3, -0.25) is 9.97 Å². The summed E-state index contributed by atoms with van der Waals surface area (Å²) in [6.45, 7) is 5.89. The van der Waals surface area contributed by atoms with Crippen molar-refractivity contribution in [1.29, 1.82) is 0 Å². The molecule has 0 aliphatic rings. The number of aryl methyl sites for hydroxylation is 1. The molecular weight excluding hydrogens is 238 g/mol. The average molecular weight is 257 g/mol. The van der Waals surface area contributed by atoms with E-state index in [1.165, 1.54) is 0 Å². The van der Waals surface area contributed by atoms with Crippen molar-refractivity contribution in [2.75, 3.05) is 6.54 Å². The molecule has 100 valence electrons. The average Bonchev–Trinajstić information content (AvgIpc) is 2.42. The van der Waals surface area contributed by atoms with E-state index in [1.807, 2.05) is 31.3 Å². The maximum absolute atomic E-state index is 5.80. The predicted octanol–water partition coefficient (Wildman–Crippen LogP) is 3.08. The first kappa shape index (κ1) is 13.5. The second-order valence-corrected chi connectivity index (χ2v) is 4.39. The van der Waals surface area contributed by atoms with Crippen LogP contribution in [0.5, 0.6) is 11.5 Å². The van der Waals surface area contributed by atoms with Gasteiger partial charge in [0.2, 0.25) is 0 Å². The number of aromatic nitrogens is 2. The maximum Gasteiger partial charge on any atom is 0.148 e. The molecule has 0 amide bonds. The highest BCUT2D eigenvalue weighted by Crippen LogP contribution is 2.23. The molecule has 0 bridgehead atoms. The Bertz CT molecular complexity index is 528. The second kappa shape index (κ2) is 6.85. The number of pyridine rings is 2. The molecule has 2 aromatic heterocycles. The Morgan fingerprint density at radius 2 is 2.21 bits per heavy atom. The third kappa shape index (κ3) is 4.03. The normalized spacial score (nSPS) is 10.4. The highest BCUT2D eigenvalue weighted by molar-refractivity contribution is 5.33. The fraction of sp³-hybridized carbons (Fsp3) is 0.333. The van der Waals surface area contributed by atoms with Crippen LogP contribution < -0.4 is 10.1 Å². The van der Waals surface area contributed by atoms with E-state index in [1.54, 1.807) is 12.4 Å². The quantitative estimate of drug-likeness (QED) is 0.808. The number of hydrogen-bond donors (Lipinski definition) is 1. The van der Waals surface area contributed by atoms with Gasteiger partial charge in [0, 0.05) is 18.9 Å². The molecule has 4 heteroatoms. The summed E-state index contributed by atoms with van der Waals surface area (Å²) in [5.74, 6) is 1.51. The highest BCUT2D eigenvalue weighted by atomic mass is 16.5. The summed E-state index contributed by atoms with van der Waals surface area (Å²) < 4.78 is 5.80. The van der Waals surface area contributed by atoms with Gasteiger partial charge in [0.25, 0.3) is 0 Å². The van der Waals surface area contributed by atoms with Gasteiger partial charge in [0.1, 0.15) is 11.5 Å². The number of nitrogens with zero attached hydrogens (tertiary/aromatic N) is 2. The molecule has 2 rings (SSSR count). The SMILES string of the molecule is CCCNCc1cncc(Oc2cccnc2C)c1. The van der Waals surface area contributed by atoms with Crippen LogP contribution in [0.1, 0.15) is 24.6 Å². The van der Waals surface area contributed by atoms with E-state index in [9.17, 15) is 0 Å². The fourth-order valence-electron chi connectivity index (χ4n) is 1.73. The van der Waals surface area contributed by atoms with Gasteiger partial charge in [-0.2, -0.15) is 0 Å². The lowest BCUT2D eigenvalue weighted by atomic mass is 10.2. The van der Waals surface area contributed by atoms with Crippen LogP contribution in [-0.4, -0.2) is 16.5 Å². The summed E-state index contributed by atoms with van der Waals surface area (Å²) in [5.41, 5.74) is 1.99. The van der Waals surface area contributed by atoms with Gasteiger partial charge in [0.15, 0.2) is 0 Å². The Kier molecular flexibility index (Phi) is 4.86. The summed E-state index contributed by atoms with van der Waals surface area (Å²) in [4.78, 5) is 8.40. The third-order valence-corrected chi connectivity index (χ3v) is 2.71. The van der Waals surface area contributed by atoms with Crippen LogP contribution in [0.2, 0.25) is 0 Å². The summed E-state index contributed by atoms with van der Waals surface area (Å²) >= 11 is 0. The summed E-state index contributed by atoms with van der Waals surface area (Å²) in [6, 6.07) is 5.77. The van der Waals surface area contributed by atoms with Gasteiger partial charge >= 0.3 is 0 Å². The standard InChI is InChI=1S/C15H19N3O/c1-3-6-16-9-13-8-14(11-17-10-13)19-15-5-4-7-18-12(15)2/h4-5,7-8,10-11,16H,3,6,9H2,1-2H3. The predicted molar refractivity (Wildman–Crippen MR) is 75.3 cm³/mol. The van der Waals surface area contributed by atoms with Gasteiger partial charge < -0.3 is 10.1 Å². The van der Waals surface area contributed by atoms with Crippen LogP contribution >= 0.6 is 0 Å². The molecule has 1 N–H and O–H groups in total. The van der Waals surface area contributed by atoms with Gasteiger partial charge in [0.05, 0.1) is 11.9 Å². The van der Waals surface area contributed by atoms with Crippen LogP contribution in [0.15, 0.2) is 36.8 Å². The van der Waals surface area contributed by atoms with E-state index < -0.39 is 0 Å². The monoisotopic (exact) mass is 257 g/mol. The molecule has 0 aromatic carbocycles. The van der Waals surface area contributed by atoms with E-state index in [0.717, 1.165) is 42.3 Å². The summed E-state index contributed by atoms with van der Waals surface area (Å²) in [6.07, 6.45) is 6.45. The molecule has 0 unspecified atom stereocenters. The lowest BCUT2D eigenvalue weighted by Crippen LogP contribution is -2.13. The van der Waals surface area contributed by atoms with E-state index in [4.69, 9.17) is 4.74 Å². The molecular formula is C15H19N3O.